The van der Waals surface area contributed by atoms with E-state index < -0.39 is 35.7 Å². The summed E-state index contributed by atoms with van der Waals surface area (Å²) < 4.78 is 67.4. The number of alkyl halides is 3. The standard InChI is InChI=1S/C30H33F4N3O5S/c1-3-4-5-6-7-8-10-21-13-14-23(17-24(21)30(32,33)34)37(29(40)42-19-41-25(39)15-12-20(2)38)28-36-26(27(31)43-28)22-11-9-16-35-18-22/h9,11,13-14,16-18H,3-8,10,12,15,19H2,1-2H3. The molecular weight excluding hydrogens is 590 g/mol. The maximum Gasteiger partial charge on any atom is 0.423 e. The first kappa shape index (κ1) is 33.6. The zero-order valence-corrected chi connectivity index (χ0v) is 24.7. The van der Waals surface area contributed by atoms with Crippen LogP contribution in [0.2, 0.25) is 0 Å². The quantitative estimate of drug-likeness (QED) is 0.0725. The molecule has 3 aromatic rings. The summed E-state index contributed by atoms with van der Waals surface area (Å²) in [6.07, 6.45) is 2.18. The molecule has 0 aliphatic heterocycles. The molecule has 2 heterocycles. The van der Waals surface area contributed by atoms with Crippen LogP contribution in [0.25, 0.3) is 11.3 Å². The Labute approximate surface area is 251 Å². The fraction of sp³-hybridized carbons (Fsp3) is 0.433. The summed E-state index contributed by atoms with van der Waals surface area (Å²) in [6, 6.07) is 6.49. The summed E-state index contributed by atoms with van der Waals surface area (Å²) in [5, 5.41) is -1.10. The Hall–Kier alpha value is -3.87. The van der Waals surface area contributed by atoms with Crippen LogP contribution in [0.15, 0.2) is 42.7 Å². The van der Waals surface area contributed by atoms with Gasteiger partial charge < -0.3 is 14.3 Å². The number of ketones is 1. The molecule has 0 saturated carbocycles. The van der Waals surface area contributed by atoms with Gasteiger partial charge in [0.25, 0.3) is 0 Å². The van der Waals surface area contributed by atoms with Crippen molar-refractivity contribution in [1.29, 1.82) is 0 Å². The number of ether oxygens (including phenoxy) is 2. The van der Waals surface area contributed by atoms with Crippen molar-refractivity contribution in [3.8, 4) is 11.3 Å². The van der Waals surface area contributed by atoms with Crippen molar-refractivity contribution < 1.29 is 41.4 Å². The maximum atomic E-state index is 15.0. The minimum absolute atomic E-state index is 0.0697. The van der Waals surface area contributed by atoms with Crippen molar-refractivity contribution in [2.75, 3.05) is 11.7 Å². The van der Waals surface area contributed by atoms with Crippen LogP contribution in [0.5, 0.6) is 0 Å². The Morgan fingerprint density at radius 1 is 1.00 bits per heavy atom. The molecule has 2 aromatic heterocycles. The van der Waals surface area contributed by atoms with E-state index in [-0.39, 0.29) is 47.1 Å². The minimum atomic E-state index is -4.73. The van der Waals surface area contributed by atoms with Crippen LogP contribution >= 0.6 is 11.3 Å². The van der Waals surface area contributed by atoms with Gasteiger partial charge in [0, 0.05) is 24.4 Å². The van der Waals surface area contributed by atoms with Crippen molar-refractivity contribution >= 4 is 40.0 Å². The largest absolute Gasteiger partial charge is 0.428 e. The highest BCUT2D eigenvalue weighted by Crippen LogP contribution is 2.40. The van der Waals surface area contributed by atoms with Crippen LogP contribution in [0.4, 0.5) is 33.2 Å². The van der Waals surface area contributed by atoms with Crippen molar-refractivity contribution in [3.05, 3.63) is 59.0 Å². The number of Topliss-reactive ketones (excluding diaryl/α,β-unsaturated/α-hetero) is 1. The lowest BCUT2D eigenvalue weighted by molar-refractivity contribution is -0.152. The Morgan fingerprint density at radius 2 is 1.74 bits per heavy atom. The molecule has 1 aromatic carbocycles. The SMILES string of the molecule is CCCCCCCCc1ccc(N(C(=O)OCOC(=O)CCC(C)=O)c2nc(-c3cccnc3)c(F)s2)cc1C(F)(F)F. The lowest BCUT2D eigenvalue weighted by atomic mass is 9.99. The minimum Gasteiger partial charge on any atom is -0.428 e. The van der Waals surface area contributed by atoms with Gasteiger partial charge in [-0.25, -0.2) is 14.7 Å². The number of esters is 1. The van der Waals surface area contributed by atoms with Gasteiger partial charge in [-0.3, -0.25) is 9.78 Å². The van der Waals surface area contributed by atoms with Gasteiger partial charge >= 0.3 is 18.2 Å². The first-order chi connectivity index (χ1) is 20.5. The second-order valence-electron chi connectivity index (χ2n) is 9.80. The molecule has 0 N–H and O–H groups in total. The van der Waals surface area contributed by atoms with Gasteiger partial charge in [-0.2, -0.15) is 17.6 Å². The van der Waals surface area contributed by atoms with E-state index in [0.717, 1.165) is 38.2 Å². The third-order valence-corrected chi connectivity index (χ3v) is 7.25. The molecule has 8 nitrogen and oxygen atoms in total. The molecule has 0 spiro atoms. The van der Waals surface area contributed by atoms with E-state index in [2.05, 4.69) is 16.9 Å². The number of aryl methyl sites for hydroxylation is 1. The molecule has 232 valence electrons. The normalized spacial score (nSPS) is 11.3. The Kier molecular flexibility index (Phi) is 12.6. The predicted molar refractivity (Wildman–Crippen MR) is 153 cm³/mol. The van der Waals surface area contributed by atoms with E-state index in [4.69, 9.17) is 9.47 Å². The summed E-state index contributed by atoms with van der Waals surface area (Å²) in [7, 11) is 0. The maximum absolute atomic E-state index is 15.0. The third-order valence-electron chi connectivity index (χ3n) is 6.42. The van der Waals surface area contributed by atoms with Gasteiger partial charge in [0.15, 0.2) is 0 Å². The number of anilines is 2. The Morgan fingerprint density at radius 3 is 2.42 bits per heavy atom. The first-order valence-electron chi connectivity index (χ1n) is 13.9. The lowest BCUT2D eigenvalue weighted by Gasteiger charge is -2.22. The van der Waals surface area contributed by atoms with E-state index >= 15 is 0 Å². The van der Waals surface area contributed by atoms with Gasteiger partial charge in [0.1, 0.15) is 11.5 Å². The van der Waals surface area contributed by atoms with Gasteiger partial charge in [-0.05, 0) is 49.6 Å². The van der Waals surface area contributed by atoms with Crippen molar-refractivity contribution in [1.82, 2.24) is 9.97 Å². The fourth-order valence-electron chi connectivity index (χ4n) is 4.20. The predicted octanol–water partition coefficient (Wildman–Crippen LogP) is 8.41. The molecule has 0 radical (unpaired) electrons. The van der Waals surface area contributed by atoms with Crippen LogP contribution < -0.4 is 4.90 Å². The Balaban J connectivity index is 1.91. The summed E-state index contributed by atoms with van der Waals surface area (Å²) in [6.45, 7) is 2.50. The van der Waals surface area contributed by atoms with E-state index in [1.807, 2.05) is 0 Å². The highest BCUT2D eigenvalue weighted by Gasteiger charge is 2.35. The number of nitrogens with zero attached hydrogens (tertiary/aromatic N) is 3. The van der Waals surface area contributed by atoms with Crippen molar-refractivity contribution in [2.45, 2.75) is 77.8 Å². The second-order valence-corrected chi connectivity index (χ2v) is 10.7. The highest BCUT2D eigenvalue weighted by molar-refractivity contribution is 7.14. The number of benzene rings is 1. The third kappa shape index (κ3) is 10.1. The molecule has 0 bridgehead atoms. The van der Waals surface area contributed by atoms with Crippen LogP contribution in [0, 0.1) is 5.13 Å². The molecule has 43 heavy (non-hydrogen) atoms. The number of pyridine rings is 1. The number of amides is 1. The molecule has 1 amide bonds. The number of thiazole rings is 1. The van der Waals surface area contributed by atoms with Gasteiger partial charge in [-0.15, -0.1) is 0 Å². The summed E-state index contributed by atoms with van der Waals surface area (Å²) >= 11 is 0.425. The van der Waals surface area contributed by atoms with Crippen LogP contribution in [0.3, 0.4) is 0 Å². The smallest absolute Gasteiger partial charge is 0.423 e. The molecule has 0 atom stereocenters. The molecular formula is C30H33F4N3O5S. The first-order valence-corrected chi connectivity index (χ1v) is 14.7. The molecule has 3 rings (SSSR count). The zero-order chi connectivity index (χ0) is 31.4. The number of rotatable bonds is 15. The van der Waals surface area contributed by atoms with Gasteiger partial charge in [0.2, 0.25) is 17.1 Å². The second kappa shape index (κ2) is 16.1. The van der Waals surface area contributed by atoms with E-state index in [1.54, 1.807) is 6.07 Å². The van der Waals surface area contributed by atoms with Crippen molar-refractivity contribution in [2.24, 2.45) is 0 Å². The number of hydrogen-bond acceptors (Lipinski definition) is 8. The topological polar surface area (TPSA) is 98.7 Å². The van der Waals surface area contributed by atoms with E-state index in [1.165, 1.54) is 37.5 Å². The number of aromatic nitrogens is 2. The average Bonchev–Trinajstić information content (AvgIpc) is 3.35. The highest BCUT2D eigenvalue weighted by atomic mass is 32.1. The number of carbonyl (C=O) groups is 3. The summed E-state index contributed by atoms with van der Waals surface area (Å²) in [5.74, 6) is -1.05. The van der Waals surface area contributed by atoms with Gasteiger partial charge in [0.05, 0.1) is 17.7 Å². The Bertz CT molecular complexity index is 1380. The number of unbranched alkanes of at least 4 members (excludes halogenated alkanes) is 5. The molecule has 0 fully saturated rings. The molecule has 0 aliphatic carbocycles. The van der Waals surface area contributed by atoms with Crippen LogP contribution in [0.1, 0.15) is 76.3 Å². The number of halogens is 4. The zero-order valence-electron chi connectivity index (χ0n) is 23.9. The number of carbonyl (C=O) groups excluding carboxylic acids is 3. The monoisotopic (exact) mass is 623 g/mol. The van der Waals surface area contributed by atoms with Crippen molar-refractivity contribution in [3.63, 3.8) is 0 Å². The fourth-order valence-corrected chi connectivity index (χ4v) is 5.03. The molecule has 0 aliphatic rings. The average molecular weight is 624 g/mol. The number of hydrogen-bond donors (Lipinski definition) is 0. The van der Waals surface area contributed by atoms with Crippen LogP contribution in [-0.2, 0) is 31.7 Å². The van der Waals surface area contributed by atoms with E-state index in [0.29, 0.717) is 28.2 Å². The van der Waals surface area contributed by atoms with Crippen LogP contribution in [-0.4, -0.2) is 34.6 Å². The molecule has 13 heteroatoms. The molecule has 0 saturated heterocycles. The lowest BCUT2D eigenvalue weighted by Crippen LogP contribution is -2.28. The summed E-state index contributed by atoms with van der Waals surface area (Å²) in [5.41, 5.74) is -0.992. The summed E-state index contributed by atoms with van der Waals surface area (Å²) in [4.78, 5) is 44.9. The van der Waals surface area contributed by atoms with Gasteiger partial charge in [-0.1, -0.05) is 56.4 Å². The van der Waals surface area contributed by atoms with E-state index in [9.17, 15) is 31.9 Å². The molecule has 0 unspecified atom stereocenters.